The number of benzene rings is 1. The van der Waals surface area contributed by atoms with Crippen molar-refractivity contribution in [2.24, 2.45) is 0 Å². The lowest BCUT2D eigenvalue weighted by Gasteiger charge is -2.19. The summed E-state index contributed by atoms with van der Waals surface area (Å²) in [5.41, 5.74) is 0.674. The average Bonchev–Trinajstić information content (AvgIpc) is 2.67. The first-order chi connectivity index (χ1) is 10.3. The van der Waals surface area contributed by atoms with Gasteiger partial charge in [0.05, 0.1) is 0 Å². The number of anilines is 1. The highest BCUT2D eigenvalue weighted by molar-refractivity contribution is 9.10. The van der Waals surface area contributed by atoms with Gasteiger partial charge in [0.25, 0.3) is 5.91 Å². The average molecular weight is 368 g/mol. The van der Waals surface area contributed by atoms with Gasteiger partial charge in [-0.3, -0.25) is 14.5 Å². The maximum absolute atomic E-state index is 12.2. The number of halogens is 1. The molecule has 1 saturated heterocycles. The number of amides is 4. The number of nitrogens with one attached hydrogen (secondary N) is 2. The van der Waals surface area contributed by atoms with Crippen LogP contribution in [-0.2, 0) is 9.59 Å². The van der Waals surface area contributed by atoms with E-state index in [1.165, 1.54) is 0 Å². The number of urea groups is 1. The highest BCUT2D eigenvalue weighted by Crippen LogP contribution is 2.22. The van der Waals surface area contributed by atoms with Crippen molar-refractivity contribution in [3.63, 3.8) is 0 Å². The molecule has 0 bridgehead atoms. The summed E-state index contributed by atoms with van der Waals surface area (Å²) < 4.78 is 0.943. The largest absolute Gasteiger partial charge is 0.325 e. The molecule has 2 N–H and O–H groups in total. The van der Waals surface area contributed by atoms with Crippen molar-refractivity contribution in [1.82, 2.24) is 10.2 Å². The van der Waals surface area contributed by atoms with E-state index in [1.807, 2.05) is 26.0 Å². The first-order valence-corrected chi connectivity index (χ1v) is 7.76. The van der Waals surface area contributed by atoms with E-state index in [0.29, 0.717) is 12.1 Å². The van der Waals surface area contributed by atoms with Crippen molar-refractivity contribution in [2.45, 2.75) is 32.7 Å². The monoisotopic (exact) mass is 367 g/mol. The molecule has 0 aromatic heterocycles. The van der Waals surface area contributed by atoms with Gasteiger partial charge < -0.3 is 10.6 Å². The van der Waals surface area contributed by atoms with E-state index in [1.54, 1.807) is 13.0 Å². The van der Waals surface area contributed by atoms with E-state index >= 15 is 0 Å². The molecule has 6 nitrogen and oxygen atoms in total. The van der Waals surface area contributed by atoms with Crippen molar-refractivity contribution in [3.05, 3.63) is 28.2 Å². The van der Waals surface area contributed by atoms with Crippen molar-refractivity contribution in [3.8, 4) is 0 Å². The summed E-state index contributed by atoms with van der Waals surface area (Å²) in [6.07, 6.45) is 0.474. The SMILES string of the molecule is CC[C@@]1(C)NC(=O)N(CC(=O)Nc2ccc(Br)c(C)c2)C1=O. The number of imide groups is 1. The van der Waals surface area contributed by atoms with Crippen LogP contribution in [-0.4, -0.2) is 34.8 Å². The number of nitrogens with zero attached hydrogens (tertiary/aromatic N) is 1. The number of carbonyl (C=O) groups is 3. The molecular weight excluding hydrogens is 350 g/mol. The van der Waals surface area contributed by atoms with E-state index in [9.17, 15) is 14.4 Å². The summed E-state index contributed by atoms with van der Waals surface area (Å²) >= 11 is 3.38. The maximum atomic E-state index is 12.2. The van der Waals surface area contributed by atoms with E-state index in [4.69, 9.17) is 0 Å². The first kappa shape index (κ1) is 16.5. The third kappa shape index (κ3) is 3.14. The molecule has 1 aromatic rings. The van der Waals surface area contributed by atoms with Gasteiger partial charge in [-0.2, -0.15) is 0 Å². The molecule has 0 saturated carbocycles. The van der Waals surface area contributed by atoms with Crippen LogP contribution in [0.3, 0.4) is 0 Å². The van der Waals surface area contributed by atoms with Crippen LogP contribution in [0.5, 0.6) is 0 Å². The summed E-state index contributed by atoms with van der Waals surface area (Å²) in [6.45, 7) is 5.08. The number of rotatable bonds is 4. The molecule has 1 atom stereocenters. The number of carbonyl (C=O) groups excluding carboxylic acids is 3. The van der Waals surface area contributed by atoms with E-state index in [-0.39, 0.29) is 12.5 Å². The molecule has 4 amide bonds. The van der Waals surface area contributed by atoms with Gasteiger partial charge in [-0.25, -0.2) is 4.79 Å². The summed E-state index contributed by atoms with van der Waals surface area (Å²) in [4.78, 5) is 37.1. The predicted molar refractivity (Wildman–Crippen MR) is 86.4 cm³/mol. The molecule has 1 heterocycles. The van der Waals surface area contributed by atoms with Crippen LogP contribution >= 0.6 is 15.9 Å². The van der Waals surface area contributed by atoms with E-state index in [0.717, 1.165) is 14.9 Å². The minimum absolute atomic E-state index is 0.296. The van der Waals surface area contributed by atoms with Gasteiger partial charge in [-0.05, 0) is 44.0 Å². The van der Waals surface area contributed by atoms with Gasteiger partial charge in [0, 0.05) is 10.2 Å². The van der Waals surface area contributed by atoms with Gasteiger partial charge in [-0.1, -0.05) is 22.9 Å². The quantitative estimate of drug-likeness (QED) is 0.802. The second kappa shape index (κ2) is 6.08. The van der Waals surface area contributed by atoms with Gasteiger partial charge in [0.1, 0.15) is 12.1 Å². The molecule has 1 aromatic carbocycles. The molecule has 1 aliphatic heterocycles. The van der Waals surface area contributed by atoms with Crippen LogP contribution < -0.4 is 10.6 Å². The molecular formula is C15H18BrN3O3. The summed E-state index contributed by atoms with van der Waals surface area (Å²) in [5.74, 6) is -0.785. The predicted octanol–water partition coefficient (Wildman–Crippen LogP) is 2.42. The van der Waals surface area contributed by atoms with Crippen molar-refractivity contribution in [1.29, 1.82) is 0 Å². The summed E-state index contributed by atoms with van der Waals surface area (Å²) in [6, 6.07) is 4.85. The smallest absolute Gasteiger partial charge is 0.325 e. The van der Waals surface area contributed by atoms with Crippen LogP contribution in [0.4, 0.5) is 10.5 Å². The Bertz CT molecular complexity index is 647. The van der Waals surface area contributed by atoms with Crippen molar-refractivity contribution >= 4 is 39.5 Å². The molecule has 0 aliphatic carbocycles. The zero-order valence-electron chi connectivity index (χ0n) is 12.7. The molecule has 0 spiro atoms. The van der Waals surface area contributed by atoms with E-state index < -0.39 is 17.5 Å². The third-order valence-corrected chi connectivity index (χ3v) is 4.69. The maximum Gasteiger partial charge on any atom is 0.325 e. The Kier molecular flexibility index (Phi) is 4.55. The van der Waals surface area contributed by atoms with Crippen molar-refractivity contribution in [2.75, 3.05) is 11.9 Å². The lowest BCUT2D eigenvalue weighted by Crippen LogP contribution is -2.44. The second-order valence-electron chi connectivity index (χ2n) is 5.52. The second-order valence-corrected chi connectivity index (χ2v) is 6.37. The molecule has 0 unspecified atom stereocenters. The number of hydrogen-bond donors (Lipinski definition) is 2. The third-order valence-electron chi connectivity index (χ3n) is 3.80. The Morgan fingerprint density at radius 1 is 1.41 bits per heavy atom. The molecule has 118 valence electrons. The highest BCUT2D eigenvalue weighted by Gasteiger charge is 2.46. The Morgan fingerprint density at radius 2 is 2.09 bits per heavy atom. The Balaban J connectivity index is 2.04. The Morgan fingerprint density at radius 3 is 2.64 bits per heavy atom. The lowest BCUT2D eigenvalue weighted by molar-refractivity contribution is -0.133. The summed E-state index contributed by atoms with van der Waals surface area (Å²) in [5, 5.41) is 5.31. The minimum Gasteiger partial charge on any atom is -0.325 e. The molecule has 1 fully saturated rings. The fourth-order valence-electron chi connectivity index (χ4n) is 2.20. The Hall–Kier alpha value is -1.89. The molecule has 2 rings (SSSR count). The fourth-order valence-corrected chi connectivity index (χ4v) is 2.44. The van der Waals surface area contributed by atoms with Crippen LogP contribution in [0.15, 0.2) is 22.7 Å². The van der Waals surface area contributed by atoms with Crippen LogP contribution in [0.25, 0.3) is 0 Å². The fraction of sp³-hybridized carbons (Fsp3) is 0.400. The van der Waals surface area contributed by atoms with Gasteiger partial charge in [0.2, 0.25) is 5.91 Å². The van der Waals surface area contributed by atoms with E-state index in [2.05, 4.69) is 26.6 Å². The molecule has 22 heavy (non-hydrogen) atoms. The topological polar surface area (TPSA) is 78.5 Å². The van der Waals surface area contributed by atoms with Crippen molar-refractivity contribution < 1.29 is 14.4 Å². The summed E-state index contributed by atoms with van der Waals surface area (Å²) in [7, 11) is 0. The highest BCUT2D eigenvalue weighted by atomic mass is 79.9. The minimum atomic E-state index is -0.925. The van der Waals surface area contributed by atoms with Gasteiger partial charge in [-0.15, -0.1) is 0 Å². The molecule has 0 radical (unpaired) electrons. The van der Waals surface area contributed by atoms with Crippen LogP contribution in [0.1, 0.15) is 25.8 Å². The number of hydrogen-bond acceptors (Lipinski definition) is 3. The normalized spacial score (nSPS) is 21.0. The zero-order chi connectivity index (χ0) is 16.5. The van der Waals surface area contributed by atoms with Gasteiger partial charge in [0.15, 0.2) is 0 Å². The molecule has 7 heteroatoms. The number of aryl methyl sites for hydroxylation is 1. The zero-order valence-corrected chi connectivity index (χ0v) is 14.3. The standard InChI is InChI=1S/C15H18BrN3O3/c1-4-15(3)13(21)19(14(22)18-15)8-12(20)17-10-5-6-11(16)9(2)7-10/h5-7H,4,8H2,1-3H3,(H,17,20)(H,18,22)/t15-/m1/s1. The van der Waals surface area contributed by atoms with Gasteiger partial charge >= 0.3 is 6.03 Å². The Labute approximate surface area is 137 Å². The lowest BCUT2D eigenvalue weighted by atomic mass is 9.99. The van der Waals surface area contributed by atoms with Crippen LogP contribution in [0.2, 0.25) is 0 Å². The first-order valence-electron chi connectivity index (χ1n) is 6.97. The molecule has 1 aliphatic rings. The van der Waals surface area contributed by atoms with Crippen LogP contribution in [0, 0.1) is 6.92 Å².